The van der Waals surface area contributed by atoms with Gasteiger partial charge in [0.05, 0.1) is 10.6 Å². The van der Waals surface area contributed by atoms with Crippen LogP contribution in [0.5, 0.6) is 0 Å². The second-order valence-corrected chi connectivity index (χ2v) is 6.41. The van der Waals surface area contributed by atoms with E-state index in [2.05, 4.69) is 19.2 Å². The number of rotatable bonds is 2. The van der Waals surface area contributed by atoms with Crippen molar-refractivity contribution in [2.45, 2.75) is 45.6 Å². The Morgan fingerprint density at radius 1 is 1.42 bits per heavy atom. The first-order valence-electron chi connectivity index (χ1n) is 6.76. The number of nitrogen functional groups attached to an aromatic ring is 1. The van der Waals surface area contributed by atoms with Crippen molar-refractivity contribution in [3.63, 3.8) is 0 Å². The summed E-state index contributed by atoms with van der Waals surface area (Å²) in [6, 6.07) is 5.21. The van der Waals surface area contributed by atoms with Gasteiger partial charge in [0.1, 0.15) is 0 Å². The van der Waals surface area contributed by atoms with Crippen molar-refractivity contribution in [1.29, 1.82) is 0 Å². The van der Waals surface area contributed by atoms with Crippen LogP contribution < -0.4 is 11.1 Å². The van der Waals surface area contributed by atoms with Gasteiger partial charge in [-0.2, -0.15) is 0 Å². The Labute approximate surface area is 119 Å². The van der Waals surface area contributed by atoms with Gasteiger partial charge in [-0.05, 0) is 36.5 Å². The molecule has 0 aromatic heterocycles. The summed E-state index contributed by atoms with van der Waals surface area (Å²) in [7, 11) is 0. The van der Waals surface area contributed by atoms with Crippen LogP contribution in [0.3, 0.4) is 0 Å². The smallest absolute Gasteiger partial charge is 0.253 e. The molecule has 19 heavy (non-hydrogen) atoms. The molecule has 0 bridgehead atoms. The molecule has 4 heteroatoms. The highest BCUT2D eigenvalue weighted by molar-refractivity contribution is 6.34. The van der Waals surface area contributed by atoms with Crippen molar-refractivity contribution < 1.29 is 4.79 Å². The molecule has 3 N–H and O–H groups in total. The first kappa shape index (κ1) is 14.2. The summed E-state index contributed by atoms with van der Waals surface area (Å²) in [6.07, 6.45) is 4.59. The zero-order valence-corrected chi connectivity index (χ0v) is 12.3. The van der Waals surface area contributed by atoms with Crippen molar-refractivity contribution in [2.75, 3.05) is 5.73 Å². The quantitative estimate of drug-likeness (QED) is 0.813. The molecule has 1 atom stereocenters. The number of nitrogens with two attached hydrogens (primary N) is 1. The average Bonchev–Trinajstić information content (AvgIpc) is 2.31. The normalized spacial score (nSPS) is 21.9. The van der Waals surface area contributed by atoms with Crippen LogP contribution >= 0.6 is 11.6 Å². The average molecular weight is 281 g/mol. The Morgan fingerprint density at radius 3 is 2.79 bits per heavy atom. The molecule has 0 heterocycles. The molecule has 0 saturated heterocycles. The number of anilines is 1. The van der Waals surface area contributed by atoms with Gasteiger partial charge in [-0.1, -0.05) is 38.3 Å². The highest BCUT2D eigenvalue weighted by Crippen LogP contribution is 2.35. The second-order valence-electron chi connectivity index (χ2n) is 6.00. The van der Waals surface area contributed by atoms with Gasteiger partial charge in [0.15, 0.2) is 0 Å². The molecule has 104 valence electrons. The van der Waals surface area contributed by atoms with Crippen molar-refractivity contribution in [1.82, 2.24) is 5.32 Å². The van der Waals surface area contributed by atoms with Gasteiger partial charge < -0.3 is 11.1 Å². The van der Waals surface area contributed by atoms with E-state index < -0.39 is 0 Å². The van der Waals surface area contributed by atoms with Crippen LogP contribution in [-0.4, -0.2) is 11.9 Å². The lowest BCUT2D eigenvalue weighted by atomic mass is 9.73. The van der Waals surface area contributed by atoms with Crippen LogP contribution in [0.15, 0.2) is 18.2 Å². The largest absolute Gasteiger partial charge is 0.399 e. The number of benzene rings is 1. The predicted octanol–water partition coefficient (Wildman–Crippen LogP) is 3.62. The van der Waals surface area contributed by atoms with E-state index in [1.165, 1.54) is 12.8 Å². The molecular weight excluding hydrogens is 260 g/mol. The number of hydrogen-bond donors (Lipinski definition) is 2. The molecule has 1 aromatic carbocycles. The monoisotopic (exact) mass is 280 g/mol. The Kier molecular flexibility index (Phi) is 4.04. The fourth-order valence-corrected chi connectivity index (χ4v) is 2.99. The topological polar surface area (TPSA) is 55.1 Å². The minimum atomic E-state index is -0.107. The van der Waals surface area contributed by atoms with Gasteiger partial charge in [0.2, 0.25) is 0 Å². The van der Waals surface area contributed by atoms with E-state index in [1.54, 1.807) is 18.2 Å². The van der Waals surface area contributed by atoms with Gasteiger partial charge in [0.25, 0.3) is 5.91 Å². The maximum absolute atomic E-state index is 12.3. The lowest BCUT2D eigenvalue weighted by molar-refractivity contribution is 0.0853. The highest BCUT2D eigenvalue weighted by atomic mass is 35.5. The number of carbonyl (C=O) groups excluding carboxylic acids is 1. The highest BCUT2D eigenvalue weighted by Gasteiger charge is 2.33. The number of halogens is 1. The predicted molar refractivity (Wildman–Crippen MR) is 79.4 cm³/mol. The van der Waals surface area contributed by atoms with E-state index in [0.717, 1.165) is 12.8 Å². The molecular formula is C15H21ClN2O. The Balaban J connectivity index is 2.12. The summed E-state index contributed by atoms with van der Waals surface area (Å²) >= 11 is 6.07. The third kappa shape index (κ3) is 3.21. The van der Waals surface area contributed by atoms with Crippen molar-refractivity contribution in [2.24, 2.45) is 5.41 Å². The third-order valence-corrected chi connectivity index (χ3v) is 4.36. The Morgan fingerprint density at radius 2 is 2.16 bits per heavy atom. The van der Waals surface area contributed by atoms with Crippen LogP contribution in [0.1, 0.15) is 49.9 Å². The standard InChI is InChI=1S/C15H21ClN2O/c1-15(2)8-4-3-5-13(15)18-14(19)11-7-6-10(17)9-12(11)16/h6-7,9,13H,3-5,8,17H2,1-2H3,(H,18,19). The van der Waals surface area contributed by atoms with Crippen molar-refractivity contribution in [3.05, 3.63) is 28.8 Å². The summed E-state index contributed by atoms with van der Waals surface area (Å²) < 4.78 is 0. The number of carbonyl (C=O) groups is 1. The summed E-state index contributed by atoms with van der Waals surface area (Å²) in [4.78, 5) is 12.3. The van der Waals surface area contributed by atoms with Gasteiger partial charge in [-0.25, -0.2) is 0 Å². The zero-order valence-electron chi connectivity index (χ0n) is 11.5. The molecule has 1 amide bonds. The van der Waals surface area contributed by atoms with Crippen LogP contribution in [0.4, 0.5) is 5.69 Å². The van der Waals surface area contributed by atoms with Gasteiger partial charge in [-0.15, -0.1) is 0 Å². The van der Waals surface area contributed by atoms with Crippen LogP contribution in [0.25, 0.3) is 0 Å². The Hall–Kier alpha value is -1.22. The summed E-state index contributed by atoms with van der Waals surface area (Å²) in [5, 5.41) is 3.53. The minimum Gasteiger partial charge on any atom is -0.399 e. The first-order valence-corrected chi connectivity index (χ1v) is 7.14. The van der Waals surface area contributed by atoms with E-state index in [4.69, 9.17) is 17.3 Å². The molecule has 1 unspecified atom stereocenters. The number of hydrogen-bond acceptors (Lipinski definition) is 2. The number of nitrogens with one attached hydrogen (secondary N) is 1. The second kappa shape index (κ2) is 5.41. The molecule has 1 aliphatic rings. The SMILES string of the molecule is CC1(C)CCCCC1NC(=O)c1ccc(N)cc1Cl. The lowest BCUT2D eigenvalue weighted by Crippen LogP contribution is -2.46. The minimum absolute atomic E-state index is 0.107. The first-order chi connectivity index (χ1) is 8.90. The van der Waals surface area contributed by atoms with E-state index in [9.17, 15) is 4.79 Å². The maximum atomic E-state index is 12.3. The van der Waals surface area contributed by atoms with E-state index in [-0.39, 0.29) is 17.4 Å². The van der Waals surface area contributed by atoms with Crippen molar-refractivity contribution >= 4 is 23.2 Å². The van der Waals surface area contributed by atoms with E-state index >= 15 is 0 Å². The van der Waals surface area contributed by atoms with Crippen molar-refractivity contribution in [3.8, 4) is 0 Å². The van der Waals surface area contributed by atoms with Crippen LogP contribution in [-0.2, 0) is 0 Å². The van der Waals surface area contributed by atoms with Gasteiger partial charge in [-0.3, -0.25) is 4.79 Å². The van der Waals surface area contributed by atoms with Crippen LogP contribution in [0, 0.1) is 5.41 Å². The van der Waals surface area contributed by atoms with E-state index in [1.807, 2.05) is 0 Å². The zero-order chi connectivity index (χ0) is 14.0. The molecule has 3 nitrogen and oxygen atoms in total. The molecule has 1 saturated carbocycles. The summed E-state index contributed by atoms with van der Waals surface area (Å²) in [6.45, 7) is 4.42. The number of amides is 1. The van der Waals surface area contributed by atoms with E-state index in [0.29, 0.717) is 16.3 Å². The fraction of sp³-hybridized carbons (Fsp3) is 0.533. The molecule has 1 fully saturated rings. The molecule has 2 rings (SSSR count). The summed E-state index contributed by atoms with van der Waals surface area (Å²) in [5.74, 6) is -0.107. The molecule has 1 aromatic rings. The molecule has 0 radical (unpaired) electrons. The van der Waals surface area contributed by atoms with Crippen LogP contribution in [0.2, 0.25) is 5.02 Å². The lowest BCUT2D eigenvalue weighted by Gasteiger charge is -2.39. The maximum Gasteiger partial charge on any atom is 0.253 e. The van der Waals surface area contributed by atoms with Gasteiger partial charge >= 0.3 is 0 Å². The summed E-state index contributed by atoms with van der Waals surface area (Å²) in [5.41, 5.74) is 6.85. The molecule has 1 aliphatic carbocycles. The van der Waals surface area contributed by atoms with Gasteiger partial charge in [0, 0.05) is 11.7 Å². The Bertz CT molecular complexity index is 485. The molecule has 0 aliphatic heterocycles. The fourth-order valence-electron chi connectivity index (χ4n) is 2.71. The third-order valence-electron chi connectivity index (χ3n) is 4.05. The molecule has 0 spiro atoms.